The van der Waals surface area contributed by atoms with Crippen LogP contribution in [0.25, 0.3) is 6.08 Å². The molecule has 0 spiro atoms. The van der Waals surface area contributed by atoms with E-state index in [4.69, 9.17) is 9.47 Å². The summed E-state index contributed by atoms with van der Waals surface area (Å²) < 4.78 is 12.3. The van der Waals surface area contributed by atoms with Gasteiger partial charge in [-0.2, -0.15) is 0 Å². The van der Waals surface area contributed by atoms with Gasteiger partial charge in [0.1, 0.15) is 11.5 Å². The lowest BCUT2D eigenvalue weighted by molar-refractivity contribution is 0.184. The van der Waals surface area contributed by atoms with Crippen molar-refractivity contribution in [2.24, 2.45) is 5.41 Å². The van der Waals surface area contributed by atoms with Gasteiger partial charge in [0.05, 0.1) is 13.2 Å². The number of rotatable bonds is 11. The highest BCUT2D eigenvalue weighted by Gasteiger charge is 2.25. The van der Waals surface area contributed by atoms with Gasteiger partial charge in [0.15, 0.2) is 0 Å². The second-order valence-corrected chi connectivity index (χ2v) is 8.94. The van der Waals surface area contributed by atoms with E-state index in [1.165, 1.54) is 5.56 Å². The molecule has 1 rings (SSSR count). The summed E-state index contributed by atoms with van der Waals surface area (Å²) >= 11 is 0. The molecule has 0 amide bonds. The first-order valence-corrected chi connectivity index (χ1v) is 10.7. The molecular formula is C25H42O2. The van der Waals surface area contributed by atoms with Crippen LogP contribution in [-0.2, 0) is 5.41 Å². The monoisotopic (exact) mass is 374 g/mol. The Hall–Kier alpha value is -1.44. The van der Waals surface area contributed by atoms with Crippen molar-refractivity contribution in [2.75, 3.05) is 7.11 Å². The molecule has 1 aromatic carbocycles. The molecule has 0 saturated heterocycles. The van der Waals surface area contributed by atoms with Crippen molar-refractivity contribution >= 4 is 6.08 Å². The fraction of sp³-hybridized carbons (Fsp3) is 0.680. The normalized spacial score (nSPS) is 13.8. The summed E-state index contributed by atoms with van der Waals surface area (Å²) in [5.41, 5.74) is 2.54. The Morgan fingerprint density at radius 1 is 0.963 bits per heavy atom. The molecule has 0 aromatic heterocycles. The van der Waals surface area contributed by atoms with E-state index in [9.17, 15) is 0 Å². The summed E-state index contributed by atoms with van der Waals surface area (Å²) in [4.78, 5) is 0. The minimum Gasteiger partial charge on any atom is -0.496 e. The van der Waals surface area contributed by atoms with Crippen LogP contribution in [0.1, 0.15) is 98.6 Å². The van der Waals surface area contributed by atoms with E-state index in [-0.39, 0.29) is 16.9 Å². The summed E-state index contributed by atoms with van der Waals surface area (Å²) in [5, 5.41) is 0. The Morgan fingerprint density at radius 3 is 2.11 bits per heavy atom. The van der Waals surface area contributed by atoms with Crippen LogP contribution in [0.5, 0.6) is 11.5 Å². The van der Waals surface area contributed by atoms with E-state index in [1.54, 1.807) is 7.11 Å². The van der Waals surface area contributed by atoms with Gasteiger partial charge in [-0.25, -0.2) is 0 Å². The third-order valence-electron chi connectivity index (χ3n) is 5.93. The number of methoxy groups -OCH3 is 1. The van der Waals surface area contributed by atoms with Crippen LogP contribution in [-0.4, -0.2) is 13.2 Å². The molecule has 1 aromatic rings. The molecular weight excluding hydrogens is 332 g/mol. The van der Waals surface area contributed by atoms with Crippen molar-refractivity contribution in [3.8, 4) is 11.5 Å². The van der Waals surface area contributed by atoms with Crippen molar-refractivity contribution in [1.82, 2.24) is 0 Å². The fourth-order valence-corrected chi connectivity index (χ4v) is 2.98. The highest BCUT2D eigenvalue weighted by Crippen LogP contribution is 2.40. The molecule has 0 N–H and O–H groups in total. The smallest absolute Gasteiger partial charge is 0.127 e. The van der Waals surface area contributed by atoms with Crippen molar-refractivity contribution < 1.29 is 9.47 Å². The maximum Gasteiger partial charge on any atom is 0.127 e. The topological polar surface area (TPSA) is 18.5 Å². The van der Waals surface area contributed by atoms with Crippen LogP contribution < -0.4 is 9.47 Å². The van der Waals surface area contributed by atoms with Crippen molar-refractivity contribution in [1.29, 1.82) is 0 Å². The van der Waals surface area contributed by atoms with E-state index >= 15 is 0 Å². The molecule has 154 valence electrons. The zero-order valence-corrected chi connectivity index (χ0v) is 19.2. The summed E-state index contributed by atoms with van der Waals surface area (Å²) in [6.07, 6.45) is 10.2. The van der Waals surface area contributed by atoms with Crippen LogP contribution in [0.3, 0.4) is 0 Å². The second kappa shape index (κ2) is 10.2. The standard InChI is InChI=1S/C25H42O2/c1-10-14-20(11-2)27-22-18-21(25(7,8)13-4)23(26-9)17-19(22)15-16-24(5,6)12-3/h15-18,20H,10-14H2,1-9H3/b16-15+. The lowest BCUT2D eigenvalue weighted by Crippen LogP contribution is -2.19. The molecule has 0 aliphatic carbocycles. The molecule has 1 unspecified atom stereocenters. The molecule has 0 heterocycles. The first-order valence-electron chi connectivity index (χ1n) is 10.7. The van der Waals surface area contributed by atoms with Gasteiger partial charge in [-0.3, -0.25) is 0 Å². The molecule has 0 aliphatic rings. The molecule has 2 heteroatoms. The Balaban J connectivity index is 3.49. The van der Waals surface area contributed by atoms with Gasteiger partial charge in [-0.1, -0.05) is 74.0 Å². The van der Waals surface area contributed by atoms with Crippen molar-refractivity contribution in [3.05, 3.63) is 29.3 Å². The first kappa shape index (κ1) is 23.6. The van der Waals surface area contributed by atoms with Crippen LogP contribution in [0.15, 0.2) is 18.2 Å². The molecule has 1 atom stereocenters. The summed E-state index contributed by atoms with van der Waals surface area (Å²) in [6.45, 7) is 17.9. The second-order valence-electron chi connectivity index (χ2n) is 8.94. The minimum absolute atomic E-state index is 0.0425. The molecule has 0 aliphatic heterocycles. The molecule has 0 saturated carbocycles. The molecule has 2 nitrogen and oxygen atoms in total. The number of benzene rings is 1. The Bertz CT molecular complexity index is 611. The van der Waals surface area contributed by atoms with Crippen LogP contribution in [0.2, 0.25) is 0 Å². The number of hydrogen-bond acceptors (Lipinski definition) is 2. The van der Waals surface area contributed by atoms with Crippen LogP contribution in [0, 0.1) is 5.41 Å². The van der Waals surface area contributed by atoms with E-state index in [2.05, 4.69) is 79.7 Å². The highest BCUT2D eigenvalue weighted by molar-refractivity contribution is 5.63. The Kier molecular flexibility index (Phi) is 8.91. The average molecular weight is 375 g/mol. The van der Waals surface area contributed by atoms with Crippen molar-refractivity contribution in [2.45, 2.75) is 99.0 Å². The zero-order valence-electron chi connectivity index (χ0n) is 19.2. The summed E-state index contributed by atoms with van der Waals surface area (Å²) in [6, 6.07) is 4.38. The van der Waals surface area contributed by atoms with E-state index < -0.39 is 0 Å². The van der Waals surface area contributed by atoms with E-state index in [0.29, 0.717) is 0 Å². The van der Waals surface area contributed by atoms with Gasteiger partial charge in [0, 0.05) is 11.1 Å². The highest BCUT2D eigenvalue weighted by atomic mass is 16.5. The van der Waals surface area contributed by atoms with Crippen LogP contribution >= 0.6 is 0 Å². The lowest BCUT2D eigenvalue weighted by atomic mass is 9.81. The third-order valence-corrected chi connectivity index (χ3v) is 5.93. The predicted molar refractivity (Wildman–Crippen MR) is 119 cm³/mol. The quantitative estimate of drug-likeness (QED) is 0.393. The SMILES string of the molecule is CCCC(CC)Oc1cc(C(C)(C)CC)c(OC)cc1/C=C/C(C)(C)CC. The maximum absolute atomic E-state index is 6.51. The van der Waals surface area contributed by atoms with Gasteiger partial charge in [0.25, 0.3) is 0 Å². The minimum atomic E-state index is 0.0425. The Morgan fingerprint density at radius 2 is 1.63 bits per heavy atom. The number of hydrogen-bond donors (Lipinski definition) is 0. The third kappa shape index (κ3) is 6.59. The lowest BCUT2D eigenvalue weighted by Gasteiger charge is -2.28. The van der Waals surface area contributed by atoms with Gasteiger partial charge < -0.3 is 9.47 Å². The predicted octanol–water partition coefficient (Wildman–Crippen LogP) is 7.79. The van der Waals surface area contributed by atoms with Gasteiger partial charge in [-0.15, -0.1) is 0 Å². The van der Waals surface area contributed by atoms with E-state index in [1.807, 2.05) is 0 Å². The van der Waals surface area contributed by atoms with Gasteiger partial charge in [0.2, 0.25) is 0 Å². The summed E-state index contributed by atoms with van der Waals surface area (Å²) in [7, 11) is 1.76. The molecule has 0 fully saturated rings. The fourth-order valence-electron chi connectivity index (χ4n) is 2.98. The number of ether oxygens (including phenoxy) is 2. The first-order chi connectivity index (χ1) is 12.6. The summed E-state index contributed by atoms with van der Waals surface area (Å²) in [5.74, 6) is 1.93. The van der Waals surface area contributed by atoms with Gasteiger partial charge in [-0.05, 0) is 48.6 Å². The number of allylic oxidation sites excluding steroid dienone is 1. The van der Waals surface area contributed by atoms with Crippen LogP contribution in [0.4, 0.5) is 0 Å². The zero-order chi connectivity index (χ0) is 20.7. The Labute approximate surface area is 168 Å². The molecule has 0 radical (unpaired) electrons. The van der Waals surface area contributed by atoms with Gasteiger partial charge >= 0.3 is 0 Å². The average Bonchev–Trinajstić information content (AvgIpc) is 2.66. The largest absolute Gasteiger partial charge is 0.496 e. The maximum atomic E-state index is 6.51. The van der Waals surface area contributed by atoms with E-state index in [0.717, 1.165) is 49.2 Å². The van der Waals surface area contributed by atoms with Crippen molar-refractivity contribution in [3.63, 3.8) is 0 Å². The molecule has 0 bridgehead atoms. The molecule has 27 heavy (non-hydrogen) atoms.